The Morgan fingerprint density at radius 3 is 2.32 bits per heavy atom. The monoisotopic (exact) mass is 337 g/mol. The predicted octanol–water partition coefficient (Wildman–Crippen LogP) is 4.80. The van der Waals surface area contributed by atoms with Crippen LogP contribution in [0.25, 0.3) is 0 Å². The molecular weight excluding hydrogens is 317 g/mol. The summed E-state index contributed by atoms with van der Waals surface area (Å²) in [6, 6.07) is 14.5. The number of nitrogens with zero attached hydrogens (tertiary/aromatic N) is 3. The number of hydrogen-bond acceptors (Lipinski definition) is 5. The van der Waals surface area contributed by atoms with Gasteiger partial charge in [-0.3, -0.25) is 0 Å². The Kier molecular flexibility index (Phi) is 4.61. The topological polar surface area (TPSA) is 62.7 Å². The quantitative estimate of drug-likeness (QED) is 0.716. The second-order valence-electron chi connectivity index (χ2n) is 6.72. The lowest BCUT2D eigenvalue weighted by Crippen LogP contribution is -2.10. The first-order valence-electron chi connectivity index (χ1n) is 8.01. The Hall–Kier alpha value is -3.02. The van der Waals surface area contributed by atoms with Crippen molar-refractivity contribution in [2.24, 2.45) is 0 Å². The first-order chi connectivity index (χ1) is 11.9. The van der Waals surface area contributed by atoms with Gasteiger partial charge in [0.1, 0.15) is 5.82 Å². The van der Waals surface area contributed by atoms with Gasteiger partial charge in [0.15, 0.2) is 5.82 Å². The summed E-state index contributed by atoms with van der Waals surface area (Å²) in [7, 11) is 0. The normalized spacial score (nSPS) is 11.2. The zero-order chi connectivity index (χ0) is 17.9. The van der Waals surface area contributed by atoms with Crippen molar-refractivity contribution in [1.82, 2.24) is 15.2 Å². The van der Waals surface area contributed by atoms with Gasteiger partial charge in [0.05, 0.1) is 11.9 Å². The van der Waals surface area contributed by atoms with Crippen molar-refractivity contribution in [3.8, 4) is 0 Å². The molecule has 0 saturated heterocycles. The molecule has 0 aliphatic rings. The molecule has 5 nitrogen and oxygen atoms in total. The summed E-state index contributed by atoms with van der Waals surface area (Å²) in [6.07, 6.45) is 1.52. The zero-order valence-corrected chi connectivity index (χ0v) is 14.4. The number of benzene rings is 2. The Morgan fingerprint density at radius 1 is 0.920 bits per heavy atom. The number of anilines is 4. The van der Waals surface area contributed by atoms with Crippen LogP contribution < -0.4 is 10.6 Å². The average molecular weight is 337 g/mol. The van der Waals surface area contributed by atoms with Crippen molar-refractivity contribution < 1.29 is 4.39 Å². The molecule has 3 aromatic rings. The molecule has 2 aromatic carbocycles. The third-order valence-electron chi connectivity index (χ3n) is 3.70. The fourth-order valence-corrected chi connectivity index (χ4v) is 2.30. The van der Waals surface area contributed by atoms with E-state index < -0.39 is 0 Å². The lowest BCUT2D eigenvalue weighted by atomic mass is 9.87. The molecular formula is C19H20FN5. The van der Waals surface area contributed by atoms with Gasteiger partial charge in [-0.15, -0.1) is 5.10 Å². The minimum atomic E-state index is -0.373. The molecule has 1 heterocycles. The molecule has 3 rings (SSSR count). The highest BCUT2D eigenvalue weighted by atomic mass is 19.1. The first kappa shape index (κ1) is 16.8. The number of hydrogen-bond donors (Lipinski definition) is 2. The molecule has 128 valence electrons. The maximum atomic E-state index is 13.7. The number of halogens is 1. The molecule has 0 bridgehead atoms. The molecule has 1 aromatic heterocycles. The fraction of sp³-hybridized carbons (Fsp3) is 0.211. The molecule has 6 heteroatoms. The summed E-state index contributed by atoms with van der Waals surface area (Å²) in [5.41, 5.74) is 2.55. The van der Waals surface area contributed by atoms with Gasteiger partial charge in [0.25, 0.3) is 0 Å². The van der Waals surface area contributed by atoms with E-state index in [4.69, 9.17) is 0 Å². The van der Waals surface area contributed by atoms with Crippen LogP contribution in [-0.4, -0.2) is 15.2 Å². The van der Waals surface area contributed by atoms with Crippen LogP contribution in [0.2, 0.25) is 0 Å². The number of para-hydroxylation sites is 1. The van der Waals surface area contributed by atoms with Crippen molar-refractivity contribution >= 4 is 23.1 Å². The van der Waals surface area contributed by atoms with Gasteiger partial charge < -0.3 is 10.6 Å². The summed E-state index contributed by atoms with van der Waals surface area (Å²) in [5.74, 6) is 0.376. The molecule has 0 aliphatic heterocycles. The van der Waals surface area contributed by atoms with Gasteiger partial charge in [-0.1, -0.05) is 45.0 Å². The van der Waals surface area contributed by atoms with E-state index in [9.17, 15) is 4.39 Å². The second kappa shape index (κ2) is 6.84. The lowest BCUT2D eigenvalue weighted by molar-refractivity contribution is 0.590. The van der Waals surface area contributed by atoms with E-state index in [0.29, 0.717) is 11.5 Å². The van der Waals surface area contributed by atoms with Crippen LogP contribution in [0.4, 0.5) is 27.5 Å². The minimum Gasteiger partial charge on any atom is -0.339 e. The Bertz CT molecular complexity index is 856. The zero-order valence-electron chi connectivity index (χ0n) is 14.4. The van der Waals surface area contributed by atoms with Crippen LogP contribution in [0.3, 0.4) is 0 Å². The van der Waals surface area contributed by atoms with Crippen LogP contribution in [0, 0.1) is 5.82 Å². The van der Waals surface area contributed by atoms with Gasteiger partial charge >= 0.3 is 0 Å². The van der Waals surface area contributed by atoms with E-state index in [1.807, 2.05) is 12.1 Å². The smallest absolute Gasteiger partial charge is 0.249 e. The van der Waals surface area contributed by atoms with Crippen LogP contribution in [-0.2, 0) is 5.41 Å². The molecule has 0 atom stereocenters. The SMILES string of the molecule is CC(C)(C)c1ccc(Nc2cnnc(Nc3ccccc3F)n2)cc1. The minimum absolute atomic E-state index is 0.103. The van der Waals surface area contributed by atoms with Gasteiger partial charge in [0.2, 0.25) is 5.95 Å². The van der Waals surface area contributed by atoms with Gasteiger partial charge in [0, 0.05) is 5.69 Å². The third kappa shape index (κ3) is 4.29. The van der Waals surface area contributed by atoms with E-state index in [1.54, 1.807) is 18.2 Å². The van der Waals surface area contributed by atoms with E-state index in [1.165, 1.54) is 17.8 Å². The molecule has 25 heavy (non-hydrogen) atoms. The van der Waals surface area contributed by atoms with Crippen molar-refractivity contribution in [3.63, 3.8) is 0 Å². The fourth-order valence-electron chi connectivity index (χ4n) is 2.30. The highest BCUT2D eigenvalue weighted by molar-refractivity contribution is 5.59. The van der Waals surface area contributed by atoms with Gasteiger partial charge in [-0.2, -0.15) is 10.1 Å². The summed E-state index contributed by atoms with van der Waals surface area (Å²) in [6.45, 7) is 6.51. The lowest BCUT2D eigenvalue weighted by Gasteiger charge is -2.19. The van der Waals surface area contributed by atoms with E-state index in [2.05, 4.69) is 58.7 Å². The molecule has 0 aliphatic carbocycles. The Balaban J connectivity index is 1.75. The van der Waals surface area contributed by atoms with Crippen LogP contribution in [0.1, 0.15) is 26.3 Å². The summed E-state index contributed by atoms with van der Waals surface area (Å²) in [4.78, 5) is 4.31. The van der Waals surface area contributed by atoms with E-state index in [0.717, 1.165) is 5.69 Å². The maximum Gasteiger partial charge on any atom is 0.249 e. The van der Waals surface area contributed by atoms with Crippen LogP contribution in [0.15, 0.2) is 54.7 Å². The van der Waals surface area contributed by atoms with Crippen molar-refractivity contribution in [2.45, 2.75) is 26.2 Å². The van der Waals surface area contributed by atoms with Crippen molar-refractivity contribution in [2.75, 3.05) is 10.6 Å². The molecule has 0 unspecified atom stereocenters. The number of rotatable bonds is 4. The average Bonchev–Trinajstić information content (AvgIpc) is 2.57. The maximum absolute atomic E-state index is 13.7. The van der Waals surface area contributed by atoms with Crippen molar-refractivity contribution in [1.29, 1.82) is 0 Å². The predicted molar refractivity (Wildman–Crippen MR) is 97.9 cm³/mol. The summed E-state index contributed by atoms with van der Waals surface area (Å²) in [5, 5.41) is 13.8. The highest BCUT2D eigenvalue weighted by Gasteiger charge is 2.13. The summed E-state index contributed by atoms with van der Waals surface area (Å²) >= 11 is 0. The molecule has 0 radical (unpaired) electrons. The van der Waals surface area contributed by atoms with E-state index in [-0.39, 0.29) is 17.2 Å². The summed E-state index contributed by atoms with van der Waals surface area (Å²) < 4.78 is 13.7. The number of aromatic nitrogens is 3. The number of nitrogens with one attached hydrogen (secondary N) is 2. The molecule has 2 N–H and O–H groups in total. The third-order valence-corrected chi connectivity index (χ3v) is 3.70. The molecule has 0 spiro atoms. The van der Waals surface area contributed by atoms with Crippen molar-refractivity contribution in [3.05, 3.63) is 66.1 Å². The molecule has 0 saturated carbocycles. The second-order valence-corrected chi connectivity index (χ2v) is 6.72. The largest absolute Gasteiger partial charge is 0.339 e. The standard InChI is InChI=1S/C19H20FN5/c1-19(2,3)13-8-10-14(11-9-13)22-17-12-21-25-18(24-17)23-16-7-5-4-6-15(16)20/h4-12H,1-3H3,(H2,22,23,24,25). The van der Waals surface area contributed by atoms with Gasteiger partial charge in [-0.05, 0) is 35.2 Å². The van der Waals surface area contributed by atoms with Gasteiger partial charge in [-0.25, -0.2) is 4.39 Å². The van der Waals surface area contributed by atoms with E-state index >= 15 is 0 Å². The Morgan fingerprint density at radius 2 is 1.64 bits per heavy atom. The molecule has 0 amide bonds. The Labute approximate surface area is 146 Å². The molecule has 0 fully saturated rings. The highest BCUT2D eigenvalue weighted by Crippen LogP contribution is 2.24. The van der Waals surface area contributed by atoms with Crippen LogP contribution in [0.5, 0.6) is 0 Å². The first-order valence-corrected chi connectivity index (χ1v) is 8.01. The van der Waals surface area contributed by atoms with Crippen LogP contribution >= 0.6 is 0 Å².